The summed E-state index contributed by atoms with van der Waals surface area (Å²) in [6.45, 7) is 3.11. The largest absolute Gasteiger partial charge is 0.457 e. The molecule has 1 amide bonds. The Morgan fingerprint density at radius 1 is 1.06 bits per heavy atom. The number of rotatable bonds is 8. The number of aromatic nitrogens is 1. The van der Waals surface area contributed by atoms with Crippen LogP contribution < -0.4 is 10.1 Å². The van der Waals surface area contributed by atoms with Gasteiger partial charge in [0.15, 0.2) is 0 Å². The maximum atomic E-state index is 12.6. The van der Waals surface area contributed by atoms with E-state index in [2.05, 4.69) is 10.3 Å². The first-order valence-electron chi connectivity index (χ1n) is 10.6. The quantitative estimate of drug-likeness (QED) is 0.467. The Labute approximate surface area is 198 Å². The molecule has 0 saturated carbocycles. The Morgan fingerprint density at radius 2 is 1.82 bits per heavy atom. The number of pyridine rings is 1. The molecule has 1 aliphatic rings. The van der Waals surface area contributed by atoms with Crippen LogP contribution in [-0.4, -0.2) is 42.5 Å². The third kappa shape index (κ3) is 6.13. The molecule has 33 heavy (non-hydrogen) atoms. The average Bonchev–Trinajstić information content (AvgIpc) is 3.35. The number of thioether (sulfide) groups is 1. The molecule has 1 fully saturated rings. The van der Waals surface area contributed by atoms with E-state index >= 15 is 0 Å². The summed E-state index contributed by atoms with van der Waals surface area (Å²) < 4.78 is 32.4. The van der Waals surface area contributed by atoms with Gasteiger partial charge in [-0.3, -0.25) is 4.79 Å². The van der Waals surface area contributed by atoms with Gasteiger partial charge in [-0.1, -0.05) is 23.9 Å². The molecule has 1 N–H and O–H groups in total. The predicted octanol–water partition coefficient (Wildman–Crippen LogP) is 4.70. The molecular formula is C24H25N3O4S2. The highest BCUT2D eigenvalue weighted by Gasteiger charge is 2.27. The molecule has 7 nitrogen and oxygen atoms in total. The zero-order chi connectivity index (χ0) is 23.3. The predicted molar refractivity (Wildman–Crippen MR) is 129 cm³/mol. The van der Waals surface area contributed by atoms with E-state index in [1.807, 2.05) is 31.2 Å². The van der Waals surface area contributed by atoms with Gasteiger partial charge in [0, 0.05) is 25.0 Å². The highest BCUT2D eigenvalue weighted by Crippen LogP contribution is 2.25. The van der Waals surface area contributed by atoms with E-state index in [-0.39, 0.29) is 16.6 Å². The lowest BCUT2D eigenvalue weighted by Gasteiger charge is -2.15. The molecule has 1 aliphatic heterocycles. The number of ether oxygens (including phenoxy) is 1. The third-order valence-electron chi connectivity index (χ3n) is 5.13. The standard InChI is InChI=1S/C24H25N3O4S2/c1-18-5-4-6-21(15-18)31-20-9-7-19(8-10-20)26-23(28)17-32-24-12-11-22(16-25-24)33(29,30)27-13-2-3-14-27/h4-12,15-16H,2-3,13-14,17H2,1H3,(H,26,28). The molecule has 0 spiro atoms. The van der Waals surface area contributed by atoms with Gasteiger partial charge < -0.3 is 10.1 Å². The Kier molecular flexibility index (Phi) is 7.32. The number of nitrogens with zero attached hydrogens (tertiary/aromatic N) is 2. The fourth-order valence-electron chi connectivity index (χ4n) is 3.44. The van der Waals surface area contributed by atoms with Crippen molar-refractivity contribution in [1.82, 2.24) is 9.29 Å². The van der Waals surface area contributed by atoms with E-state index in [4.69, 9.17) is 4.74 Å². The van der Waals surface area contributed by atoms with Crippen molar-refractivity contribution in [2.75, 3.05) is 24.2 Å². The molecule has 1 saturated heterocycles. The van der Waals surface area contributed by atoms with Gasteiger partial charge in [0.2, 0.25) is 15.9 Å². The molecule has 0 aliphatic carbocycles. The number of hydrogen-bond donors (Lipinski definition) is 1. The third-order valence-corrected chi connectivity index (χ3v) is 7.95. The zero-order valence-corrected chi connectivity index (χ0v) is 19.9. The van der Waals surface area contributed by atoms with Crippen molar-refractivity contribution in [3.8, 4) is 11.5 Å². The van der Waals surface area contributed by atoms with Gasteiger partial charge >= 0.3 is 0 Å². The van der Waals surface area contributed by atoms with Crippen molar-refractivity contribution in [1.29, 1.82) is 0 Å². The second-order valence-corrected chi connectivity index (χ2v) is 10.7. The Hall–Kier alpha value is -2.88. The van der Waals surface area contributed by atoms with Gasteiger partial charge in [0.05, 0.1) is 10.8 Å². The van der Waals surface area contributed by atoms with Crippen LogP contribution in [0.25, 0.3) is 0 Å². The lowest BCUT2D eigenvalue weighted by Crippen LogP contribution is -2.27. The highest BCUT2D eigenvalue weighted by molar-refractivity contribution is 7.99. The molecular weight excluding hydrogens is 458 g/mol. The van der Waals surface area contributed by atoms with Gasteiger partial charge in [-0.2, -0.15) is 4.31 Å². The minimum atomic E-state index is -3.48. The molecule has 0 radical (unpaired) electrons. The Bertz CT molecular complexity index is 1210. The smallest absolute Gasteiger partial charge is 0.244 e. The summed E-state index contributed by atoms with van der Waals surface area (Å²) in [6, 6.07) is 18.1. The number of aryl methyl sites for hydroxylation is 1. The van der Waals surface area contributed by atoms with Crippen LogP contribution in [0, 0.1) is 6.92 Å². The van der Waals surface area contributed by atoms with Crippen molar-refractivity contribution in [3.05, 3.63) is 72.4 Å². The first kappa shape index (κ1) is 23.3. The molecule has 1 aromatic heterocycles. The van der Waals surface area contributed by atoms with Gasteiger partial charge in [0.25, 0.3) is 0 Å². The molecule has 0 unspecified atom stereocenters. The molecule has 2 aromatic carbocycles. The summed E-state index contributed by atoms with van der Waals surface area (Å²) in [4.78, 5) is 16.7. The van der Waals surface area contributed by atoms with Gasteiger partial charge in [-0.25, -0.2) is 13.4 Å². The fraction of sp³-hybridized carbons (Fsp3) is 0.250. The fourth-order valence-corrected chi connectivity index (χ4v) is 5.55. The second kappa shape index (κ2) is 10.4. The van der Waals surface area contributed by atoms with E-state index in [0.717, 1.165) is 24.2 Å². The second-order valence-electron chi connectivity index (χ2n) is 7.72. The van der Waals surface area contributed by atoms with Gasteiger partial charge in [-0.15, -0.1) is 0 Å². The van der Waals surface area contributed by atoms with Crippen LogP contribution >= 0.6 is 11.8 Å². The van der Waals surface area contributed by atoms with Crippen LogP contribution in [0.5, 0.6) is 11.5 Å². The van der Waals surface area contributed by atoms with Crippen LogP contribution in [0.4, 0.5) is 5.69 Å². The topological polar surface area (TPSA) is 88.6 Å². The number of hydrogen-bond acceptors (Lipinski definition) is 6. The van der Waals surface area contributed by atoms with Crippen LogP contribution in [0.1, 0.15) is 18.4 Å². The molecule has 4 rings (SSSR count). The number of carbonyl (C=O) groups excluding carboxylic acids is 1. The van der Waals surface area contributed by atoms with Gasteiger partial charge in [-0.05, 0) is 73.9 Å². The molecule has 3 aromatic rings. The highest BCUT2D eigenvalue weighted by atomic mass is 32.2. The van der Waals surface area contributed by atoms with Crippen LogP contribution in [0.2, 0.25) is 0 Å². The summed E-state index contributed by atoms with van der Waals surface area (Å²) in [5.74, 6) is 1.42. The normalized spacial score (nSPS) is 14.2. The lowest BCUT2D eigenvalue weighted by atomic mass is 10.2. The Morgan fingerprint density at radius 3 is 2.48 bits per heavy atom. The van der Waals surface area contributed by atoms with Crippen molar-refractivity contribution in [3.63, 3.8) is 0 Å². The average molecular weight is 484 g/mol. The maximum absolute atomic E-state index is 12.6. The number of anilines is 1. The van der Waals surface area contributed by atoms with Crippen molar-refractivity contribution in [2.45, 2.75) is 29.7 Å². The van der Waals surface area contributed by atoms with E-state index in [9.17, 15) is 13.2 Å². The lowest BCUT2D eigenvalue weighted by molar-refractivity contribution is -0.113. The monoisotopic (exact) mass is 483 g/mol. The number of sulfonamides is 1. The van der Waals surface area contributed by atoms with Crippen LogP contribution in [-0.2, 0) is 14.8 Å². The van der Waals surface area contributed by atoms with Crippen molar-refractivity contribution < 1.29 is 17.9 Å². The summed E-state index contributed by atoms with van der Waals surface area (Å²) in [6.07, 6.45) is 3.14. The van der Waals surface area contributed by atoms with Crippen LogP contribution in [0.15, 0.2) is 76.8 Å². The summed E-state index contributed by atoms with van der Waals surface area (Å²) in [7, 11) is -3.48. The number of benzene rings is 2. The number of nitrogens with one attached hydrogen (secondary N) is 1. The van der Waals surface area contributed by atoms with E-state index in [1.54, 1.807) is 36.4 Å². The van der Waals surface area contributed by atoms with E-state index in [1.165, 1.54) is 22.3 Å². The maximum Gasteiger partial charge on any atom is 0.244 e. The number of amides is 1. The zero-order valence-electron chi connectivity index (χ0n) is 18.2. The molecule has 0 atom stereocenters. The first-order valence-corrected chi connectivity index (χ1v) is 13.1. The Balaban J connectivity index is 1.27. The first-order chi connectivity index (χ1) is 15.9. The molecule has 2 heterocycles. The SMILES string of the molecule is Cc1cccc(Oc2ccc(NC(=O)CSc3ccc(S(=O)(=O)N4CCCC4)cn3)cc2)c1. The molecule has 0 bridgehead atoms. The van der Waals surface area contributed by atoms with Crippen molar-refractivity contribution >= 4 is 33.4 Å². The summed E-state index contributed by atoms with van der Waals surface area (Å²) in [5, 5.41) is 3.43. The van der Waals surface area contributed by atoms with Gasteiger partial charge in [0.1, 0.15) is 16.4 Å². The van der Waals surface area contributed by atoms with Crippen LogP contribution in [0.3, 0.4) is 0 Å². The van der Waals surface area contributed by atoms with E-state index in [0.29, 0.717) is 29.6 Å². The molecule has 9 heteroatoms. The van der Waals surface area contributed by atoms with Crippen molar-refractivity contribution in [2.24, 2.45) is 0 Å². The minimum Gasteiger partial charge on any atom is -0.457 e. The number of carbonyl (C=O) groups is 1. The summed E-state index contributed by atoms with van der Waals surface area (Å²) in [5.41, 5.74) is 1.78. The summed E-state index contributed by atoms with van der Waals surface area (Å²) >= 11 is 1.25. The minimum absolute atomic E-state index is 0.159. The van der Waals surface area contributed by atoms with E-state index < -0.39 is 10.0 Å². The molecule has 172 valence electrons.